The van der Waals surface area contributed by atoms with Gasteiger partial charge in [0.15, 0.2) is 26.5 Å². The maximum absolute atomic E-state index is 12.8. The second-order valence-corrected chi connectivity index (χ2v) is 11.9. The van der Waals surface area contributed by atoms with E-state index in [0.717, 1.165) is 22.6 Å². The molecule has 2 unspecified atom stereocenters. The van der Waals surface area contributed by atoms with Crippen LogP contribution in [0.25, 0.3) is 0 Å². The third-order valence-electron chi connectivity index (χ3n) is 5.87. The predicted molar refractivity (Wildman–Crippen MR) is 141 cm³/mol. The Morgan fingerprint density at radius 2 is 1.86 bits per heavy atom. The maximum atomic E-state index is 12.8. The van der Waals surface area contributed by atoms with Gasteiger partial charge in [-0.25, -0.2) is 8.42 Å². The summed E-state index contributed by atoms with van der Waals surface area (Å²) >= 11 is 1.46. The Labute approximate surface area is 210 Å². The van der Waals surface area contributed by atoms with E-state index < -0.39 is 9.84 Å². The van der Waals surface area contributed by atoms with Crippen molar-refractivity contribution in [1.29, 1.82) is 0 Å². The summed E-state index contributed by atoms with van der Waals surface area (Å²) in [5, 5.41) is 6.95. The molecule has 2 atom stereocenters. The van der Waals surface area contributed by atoms with E-state index in [1.165, 1.54) is 11.8 Å². The monoisotopic (exact) mass is 517 g/mol. The van der Waals surface area contributed by atoms with Crippen LogP contribution in [0.3, 0.4) is 0 Å². The molecule has 0 spiro atoms. The topological polar surface area (TPSA) is 106 Å². The first kappa shape index (κ1) is 25.4. The van der Waals surface area contributed by atoms with Crippen LogP contribution in [0, 0.1) is 6.92 Å². The highest BCUT2D eigenvalue weighted by Gasteiger charge is 2.42. The zero-order valence-electron chi connectivity index (χ0n) is 20.2. The number of fused-ring (bicyclic) bond motifs is 1. The number of nitrogens with zero attached hydrogens (tertiary/aromatic N) is 1. The van der Waals surface area contributed by atoms with E-state index in [2.05, 4.69) is 15.6 Å². The van der Waals surface area contributed by atoms with Crippen molar-refractivity contribution in [1.82, 2.24) is 5.32 Å². The molecule has 0 radical (unpaired) electrons. The van der Waals surface area contributed by atoms with E-state index in [-0.39, 0.29) is 28.7 Å². The summed E-state index contributed by atoms with van der Waals surface area (Å²) < 4.78 is 34.9. The first-order valence-corrected chi connectivity index (χ1v) is 14.5. The molecule has 8 nitrogen and oxygen atoms in total. The number of amides is 1. The van der Waals surface area contributed by atoms with Gasteiger partial charge in [-0.1, -0.05) is 23.9 Å². The smallest absolute Gasteiger partial charge is 0.251 e. The summed E-state index contributed by atoms with van der Waals surface area (Å²) in [6.07, 6.45) is 0.661. The van der Waals surface area contributed by atoms with Gasteiger partial charge >= 0.3 is 0 Å². The van der Waals surface area contributed by atoms with Crippen LogP contribution in [0.2, 0.25) is 0 Å². The van der Waals surface area contributed by atoms with Gasteiger partial charge in [0.1, 0.15) is 0 Å². The molecule has 10 heteroatoms. The molecule has 1 saturated heterocycles. The lowest BCUT2D eigenvalue weighted by Crippen LogP contribution is -2.26. The van der Waals surface area contributed by atoms with Gasteiger partial charge in [-0.15, -0.1) is 0 Å². The number of aliphatic imine (C=N–C) groups is 1. The fourth-order valence-electron chi connectivity index (χ4n) is 4.10. The summed E-state index contributed by atoms with van der Waals surface area (Å²) in [6, 6.07) is 11.1. The van der Waals surface area contributed by atoms with Crippen molar-refractivity contribution < 1.29 is 22.7 Å². The maximum Gasteiger partial charge on any atom is 0.251 e. The predicted octanol–water partition coefficient (Wildman–Crippen LogP) is 3.45. The molecule has 1 amide bonds. The molecule has 0 aromatic heterocycles. The Balaban J connectivity index is 1.35. The van der Waals surface area contributed by atoms with Gasteiger partial charge in [0, 0.05) is 23.0 Å². The number of amidine groups is 1. The van der Waals surface area contributed by atoms with Gasteiger partial charge in [0.05, 0.1) is 30.8 Å². The Bertz CT molecular complexity index is 1230. The number of anilines is 1. The molecule has 0 aliphatic carbocycles. The van der Waals surface area contributed by atoms with Crippen molar-refractivity contribution >= 4 is 38.4 Å². The summed E-state index contributed by atoms with van der Waals surface area (Å²) in [5.74, 6) is 1.54. The molecule has 2 aromatic carbocycles. The van der Waals surface area contributed by atoms with Gasteiger partial charge in [-0.05, 0) is 62.6 Å². The van der Waals surface area contributed by atoms with Crippen molar-refractivity contribution in [3.8, 4) is 11.5 Å². The number of thioether (sulfide) groups is 1. The van der Waals surface area contributed by atoms with Crippen molar-refractivity contribution in [2.75, 3.05) is 36.6 Å². The first-order valence-electron chi connectivity index (χ1n) is 11.8. The quantitative estimate of drug-likeness (QED) is 0.525. The van der Waals surface area contributed by atoms with Crippen LogP contribution in [0.1, 0.15) is 35.3 Å². The second-order valence-electron chi connectivity index (χ2n) is 8.54. The lowest BCUT2D eigenvalue weighted by Gasteiger charge is -2.13. The third kappa shape index (κ3) is 6.29. The first-order chi connectivity index (χ1) is 16.8. The van der Waals surface area contributed by atoms with E-state index in [1.54, 1.807) is 6.07 Å². The lowest BCUT2D eigenvalue weighted by molar-refractivity contribution is 0.0954. The SMILES string of the molecule is CCOc1ccc(CCNC(=O)c2ccc(C)c(NC3=NC4CS(=O)(=O)CC4S3)c2)cc1OCC. The van der Waals surface area contributed by atoms with Crippen LogP contribution in [-0.4, -0.2) is 62.0 Å². The molecule has 188 valence electrons. The highest BCUT2D eigenvalue weighted by atomic mass is 32.2. The molecule has 4 rings (SSSR count). The molecule has 2 aliphatic heterocycles. The Kier molecular flexibility index (Phi) is 7.91. The van der Waals surface area contributed by atoms with Crippen molar-refractivity contribution in [3.05, 3.63) is 53.1 Å². The number of aryl methyl sites for hydroxylation is 1. The highest BCUT2D eigenvalue weighted by molar-refractivity contribution is 8.15. The minimum atomic E-state index is -2.99. The van der Waals surface area contributed by atoms with Crippen molar-refractivity contribution in [2.45, 2.75) is 38.5 Å². The number of ether oxygens (including phenoxy) is 2. The van der Waals surface area contributed by atoms with Crippen LogP contribution in [0.15, 0.2) is 41.4 Å². The molecular formula is C25H31N3O5S2. The van der Waals surface area contributed by atoms with Gasteiger partial charge in [-0.2, -0.15) is 0 Å². The number of sulfone groups is 1. The normalized spacial score (nSPS) is 20.1. The zero-order chi connectivity index (χ0) is 25.0. The molecule has 0 saturated carbocycles. The number of benzene rings is 2. The average molecular weight is 518 g/mol. The fourth-order valence-corrected chi connectivity index (χ4v) is 7.77. The van der Waals surface area contributed by atoms with E-state index >= 15 is 0 Å². The van der Waals surface area contributed by atoms with Crippen molar-refractivity contribution in [2.24, 2.45) is 4.99 Å². The van der Waals surface area contributed by atoms with Gasteiger partial charge in [0.2, 0.25) is 0 Å². The minimum absolute atomic E-state index is 0.0277. The van der Waals surface area contributed by atoms with Crippen LogP contribution in [-0.2, 0) is 16.3 Å². The van der Waals surface area contributed by atoms with E-state index in [4.69, 9.17) is 9.47 Å². The second kappa shape index (κ2) is 10.9. The fraction of sp³-hybridized carbons (Fsp3) is 0.440. The van der Waals surface area contributed by atoms with E-state index in [9.17, 15) is 13.2 Å². The molecular weight excluding hydrogens is 486 g/mol. The molecule has 2 heterocycles. The van der Waals surface area contributed by atoms with Crippen LogP contribution in [0.5, 0.6) is 11.5 Å². The highest BCUT2D eigenvalue weighted by Crippen LogP contribution is 2.35. The summed E-state index contributed by atoms with van der Waals surface area (Å²) in [6.45, 7) is 7.42. The average Bonchev–Trinajstić information content (AvgIpc) is 3.29. The Hall–Kier alpha value is -2.72. The molecule has 35 heavy (non-hydrogen) atoms. The molecule has 2 N–H and O–H groups in total. The number of carbonyl (C=O) groups excluding carboxylic acids is 1. The Morgan fingerprint density at radius 3 is 2.60 bits per heavy atom. The molecule has 2 aromatic rings. The van der Waals surface area contributed by atoms with E-state index in [1.807, 2.05) is 51.1 Å². The Morgan fingerprint density at radius 1 is 1.09 bits per heavy atom. The van der Waals surface area contributed by atoms with Gasteiger partial charge in [0.25, 0.3) is 5.91 Å². The van der Waals surface area contributed by atoms with E-state index in [0.29, 0.717) is 42.7 Å². The van der Waals surface area contributed by atoms with Crippen molar-refractivity contribution in [3.63, 3.8) is 0 Å². The minimum Gasteiger partial charge on any atom is -0.490 e. The molecule has 2 aliphatic rings. The largest absolute Gasteiger partial charge is 0.490 e. The zero-order valence-corrected chi connectivity index (χ0v) is 21.8. The van der Waals surface area contributed by atoms with Crippen LogP contribution < -0.4 is 20.1 Å². The van der Waals surface area contributed by atoms with Crippen LogP contribution >= 0.6 is 11.8 Å². The lowest BCUT2D eigenvalue weighted by atomic mass is 10.1. The number of hydrogen-bond acceptors (Lipinski definition) is 8. The molecule has 0 bridgehead atoms. The third-order valence-corrected chi connectivity index (χ3v) is 9.01. The van der Waals surface area contributed by atoms with Crippen LogP contribution in [0.4, 0.5) is 5.69 Å². The summed E-state index contributed by atoms with van der Waals surface area (Å²) in [5.41, 5.74) is 3.37. The van der Waals surface area contributed by atoms with Gasteiger partial charge < -0.3 is 20.1 Å². The standard InChI is InChI=1S/C25H31N3O5S2/c1-4-32-21-9-7-17(12-22(21)33-5-2)10-11-26-24(29)18-8-6-16(3)19(13-18)27-25-28-20-14-35(30,31)15-23(20)34-25/h6-9,12-13,20,23H,4-5,10-11,14-15H2,1-3H3,(H,26,29)(H,27,28). The number of rotatable bonds is 9. The van der Waals surface area contributed by atoms with Gasteiger partial charge in [-0.3, -0.25) is 9.79 Å². The molecule has 1 fully saturated rings. The number of carbonyl (C=O) groups is 1. The summed E-state index contributed by atoms with van der Waals surface area (Å²) in [4.78, 5) is 17.3. The number of nitrogens with one attached hydrogen (secondary N) is 2. The summed E-state index contributed by atoms with van der Waals surface area (Å²) in [7, 11) is -2.99. The number of hydrogen-bond donors (Lipinski definition) is 2.